The number of carbonyl (C=O) groups is 4. The molecule has 0 radical (unpaired) electrons. The van der Waals surface area contributed by atoms with Crippen molar-refractivity contribution in [2.45, 2.75) is 265 Å². The molecular weight excluding hydrogens is 1340 g/mol. The zero-order chi connectivity index (χ0) is 79.1. The Hall–Kier alpha value is -4.52. The summed E-state index contributed by atoms with van der Waals surface area (Å²) < 4.78 is 0. The van der Waals surface area contributed by atoms with Crippen LogP contribution in [-0.4, -0.2) is 138 Å². The van der Waals surface area contributed by atoms with E-state index in [-0.39, 0.29) is 45.3 Å². The summed E-state index contributed by atoms with van der Waals surface area (Å²) in [5, 5.41) is 107. The van der Waals surface area contributed by atoms with Crippen molar-refractivity contribution in [1.29, 1.82) is 0 Å². The van der Waals surface area contributed by atoms with Crippen LogP contribution in [0.25, 0.3) is 0 Å². The number of hydrogen-bond donors (Lipinski definition) is 12. The lowest BCUT2D eigenvalue weighted by Gasteiger charge is -2.57. The summed E-state index contributed by atoms with van der Waals surface area (Å²) in [6, 6.07) is 0. The van der Waals surface area contributed by atoms with Gasteiger partial charge in [-0.2, -0.15) is 0 Å². The topological polar surface area (TPSA) is 311 Å². The molecule has 600 valence electrons. The van der Waals surface area contributed by atoms with Crippen molar-refractivity contribution in [2.75, 3.05) is 52.9 Å². The van der Waals surface area contributed by atoms with Gasteiger partial charge in [0, 0.05) is 0 Å². The van der Waals surface area contributed by atoms with Crippen LogP contribution in [-0.2, 0) is 19.2 Å². The summed E-state index contributed by atoms with van der Waals surface area (Å²) >= 11 is 0. The van der Waals surface area contributed by atoms with E-state index < -0.39 is 109 Å². The number of hydrogen-bond acceptors (Lipinski definition) is 12. The van der Waals surface area contributed by atoms with Gasteiger partial charge < -0.3 is 61.3 Å². The Balaban J connectivity index is 0.000000183. The molecule has 0 saturated heterocycles. The van der Waals surface area contributed by atoms with E-state index in [0.29, 0.717) is 47.3 Å². The maximum absolute atomic E-state index is 11.9. The number of aliphatic hydroxyl groups is 8. The van der Waals surface area contributed by atoms with Crippen LogP contribution in [0.5, 0.6) is 0 Å². The maximum Gasteiger partial charge on any atom is 0.309 e. The molecule has 0 amide bonds. The van der Waals surface area contributed by atoms with Gasteiger partial charge in [-0.25, -0.2) is 0 Å². The normalized spacial score (nSPS) is 36.3. The molecule has 0 heterocycles. The Labute approximate surface area is 637 Å². The lowest BCUT2D eigenvalue weighted by Crippen LogP contribution is -2.53. The third kappa shape index (κ3) is 17.4. The van der Waals surface area contributed by atoms with Crippen molar-refractivity contribution < 1.29 is 80.5 Å². The molecule has 0 aromatic carbocycles. The predicted molar refractivity (Wildman–Crippen MR) is 420 cm³/mol. The van der Waals surface area contributed by atoms with Crippen LogP contribution in [0.15, 0.2) is 93.2 Å². The van der Waals surface area contributed by atoms with Gasteiger partial charge in [0.15, 0.2) is 0 Å². The van der Waals surface area contributed by atoms with E-state index in [2.05, 4.69) is 132 Å². The first-order valence-electron chi connectivity index (χ1n) is 41.1. The van der Waals surface area contributed by atoms with Gasteiger partial charge in [0.05, 0.1) is 85.3 Å². The number of aliphatic carboxylic acids is 4. The molecule has 0 aliphatic heterocycles. The number of rotatable bonds is 16. The summed E-state index contributed by atoms with van der Waals surface area (Å²) in [7, 11) is 0. The van der Waals surface area contributed by atoms with Crippen LogP contribution >= 0.6 is 0 Å². The van der Waals surface area contributed by atoms with E-state index in [1.807, 2.05) is 27.7 Å². The molecule has 106 heavy (non-hydrogen) atoms. The molecule has 12 aliphatic carbocycles. The van der Waals surface area contributed by atoms with E-state index in [1.54, 1.807) is 22.3 Å². The van der Waals surface area contributed by atoms with Crippen molar-refractivity contribution >= 4 is 23.9 Å². The Morgan fingerprint density at radius 2 is 0.491 bits per heavy atom. The van der Waals surface area contributed by atoms with E-state index >= 15 is 0 Å². The van der Waals surface area contributed by atoms with E-state index in [0.717, 1.165) is 77.0 Å². The molecule has 0 bridgehead atoms. The van der Waals surface area contributed by atoms with Crippen LogP contribution in [0, 0.1) is 125 Å². The Morgan fingerprint density at radius 1 is 0.321 bits per heavy atom. The summed E-state index contributed by atoms with van der Waals surface area (Å²) in [5.74, 6) is 3.55. The summed E-state index contributed by atoms with van der Waals surface area (Å²) in [5.41, 5.74) is 8.54. The number of aliphatic hydroxyl groups excluding tert-OH is 8. The van der Waals surface area contributed by atoms with Crippen LogP contribution < -0.4 is 0 Å². The maximum atomic E-state index is 11.9. The summed E-state index contributed by atoms with van der Waals surface area (Å²) in [6.45, 7) is 32.5. The highest BCUT2D eigenvalue weighted by Gasteiger charge is 2.62. The minimum atomic E-state index is -1.11. The highest BCUT2D eigenvalue weighted by molar-refractivity contribution is 5.77. The van der Waals surface area contributed by atoms with Crippen molar-refractivity contribution in [1.82, 2.24) is 0 Å². The molecular formula is C90H144O16. The Bertz CT molecular complexity index is 2880. The fourth-order valence-electron chi connectivity index (χ4n) is 23.0. The average Bonchev–Trinajstić information content (AvgIpc) is 0.745. The minimum absolute atomic E-state index is 0.161. The highest BCUT2D eigenvalue weighted by Crippen LogP contribution is 2.67. The average molecular weight is 1480 g/mol. The first-order chi connectivity index (χ1) is 49.6. The van der Waals surface area contributed by atoms with Gasteiger partial charge in [-0.05, 0) is 271 Å². The lowest BCUT2D eigenvalue weighted by atomic mass is 9.47. The highest BCUT2D eigenvalue weighted by atomic mass is 16.4. The van der Waals surface area contributed by atoms with Crippen molar-refractivity contribution in [3.8, 4) is 0 Å². The van der Waals surface area contributed by atoms with Crippen LogP contribution in [0.1, 0.15) is 265 Å². The fraction of sp³-hybridized carbons (Fsp3) is 0.778. The number of fused-ring (bicyclic) bond motifs is 12. The number of carboxylic acids is 4. The van der Waals surface area contributed by atoms with E-state index in [1.165, 1.54) is 99.3 Å². The number of allylic oxidation sites excluding steroid dienone is 16. The molecule has 0 unspecified atom stereocenters. The first kappa shape index (κ1) is 88.7. The molecule has 0 aromatic rings. The predicted octanol–water partition coefficient (Wildman–Crippen LogP) is 16.7. The van der Waals surface area contributed by atoms with E-state index in [4.69, 9.17) is 40.9 Å². The third-order valence-electron chi connectivity index (χ3n) is 31.0. The molecule has 12 N–H and O–H groups in total. The molecule has 0 aromatic heterocycles. The zero-order valence-corrected chi connectivity index (χ0v) is 68.2. The monoisotopic (exact) mass is 1480 g/mol. The zero-order valence-electron chi connectivity index (χ0n) is 68.2. The quantitative estimate of drug-likeness (QED) is 0.0683. The van der Waals surface area contributed by atoms with Crippen LogP contribution in [0.3, 0.4) is 0 Å². The van der Waals surface area contributed by atoms with Gasteiger partial charge >= 0.3 is 23.9 Å². The fourth-order valence-corrected chi connectivity index (χ4v) is 23.0. The van der Waals surface area contributed by atoms with E-state index in [9.17, 15) is 39.6 Å². The largest absolute Gasteiger partial charge is 0.481 e. The molecule has 12 aliphatic rings. The second-order valence-electron chi connectivity index (χ2n) is 38.4. The Morgan fingerprint density at radius 3 is 0.623 bits per heavy atom. The second kappa shape index (κ2) is 35.5. The van der Waals surface area contributed by atoms with Crippen LogP contribution in [0.4, 0.5) is 0 Å². The number of carboxylic acid groups (broad SMARTS) is 4. The van der Waals surface area contributed by atoms with Crippen molar-refractivity contribution in [3.63, 3.8) is 0 Å². The van der Waals surface area contributed by atoms with Crippen molar-refractivity contribution in [2.24, 2.45) is 125 Å². The first-order valence-corrected chi connectivity index (χ1v) is 41.1. The molecule has 12 rings (SSSR count). The van der Waals surface area contributed by atoms with Gasteiger partial charge in [0.2, 0.25) is 0 Å². The molecule has 16 heteroatoms. The molecule has 16 nitrogen and oxygen atoms in total. The van der Waals surface area contributed by atoms with Gasteiger partial charge in [0.25, 0.3) is 0 Å². The Kier molecular flexibility index (Phi) is 29.7. The van der Waals surface area contributed by atoms with Gasteiger partial charge in [-0.1, -0.05) is 180 Å². The van der Waals surface area contributed by atoms with Gasteiger partial charge in [0.1, 0.15) is 0 Å². The molecule has 16 atom stereocenters. The van der Waals surface area contributed by atoms with Gasteiger partial charge in [-0.15, -0.1) is 0 Å². The molecule has 4 fully saturated rings. The summed E-state index contributed by atoms with van der Waals surface area (Å²) in [6.07, 6.45) is 44.9. The minimum Gasteiger partial charge on any atom is -0.481 e. The molecule has 4 saturated carbocycles. The smallest absolute Gasteiger partial charge is 0.309 e. The standard InChI is InChI=1S/4C20H30O2.2C5H12O4/c4*1-13(2)14-6-8-16-15(12-14)7-9-17-19(16,3)10-5-11-20(17,4)18(21)22;2*6-1-5(2-7,3-8)4-9/h4*7,12-13,16-17H,5-6,8-11H2,1-4H3,(H,21,22);2*6-9H,1-4H2/t4*16-,17+,19+,20+;;/m0000../s1. The lowest BCUT2D eigenvalue weighted by molar-refractivity contribution is -0.163. The summed E-state index contributed by atoms with van der Waals surface area (Å²) in [4.78, 5) is 47.8. The van der Waals surface area contributed by atoms with Gasteiger partial charge in [-0.3, -0.25) is 19.2 Å². The molecule has 0 spiro atoms. The SMILES string of the molecule is CC(C)C1=CC2=CC[C@@H]3[C@](C)(CCC[C@@]3(C)C(=O)O)[C@H]2CC1.CC(C)C1=CC2=CC[C@@H]3[C@](C)(CCC[C@@]3(C)C(=O)O)[C@H]2CC1.CC(C)C1=CC2=CC[C@@H]3[C@](C)(CCC[C@@]3(C)C(=O)O)[C@H]2CC1.CC(C)C1=CC2=CC[C@@H]3[C@](C)(CCC[C@@]3(C)C(=O)O)[C@H]2CC1.OCC(CO)(CO)CO.OCC(CO)(CO)CO. The van der Waals surface area contributed by atoms with Crippen LogP contribution in [0.2, 0.25) is 0 Å². The second-order valence-corrected chi connectivity index (χ2v) is 38.4. The third-order valence-corrected chi connectivity index (χ3v) is 31.0. The van der Waals surface area contributed by atoms with Crippen molar-refractivity contribution in [3.05, 3.63) is 93.2 Å².